The van der Waals surface area contributed by atoms with Crippen LogP contribution in [0.5, 0.6) is 0 Å². The molecule has 2 rings (SSSR count). The summed E-state index contributed by atoms with van der Waals surface area (Å²) in [7, 11) is 0. The highest BCUT2D eigenvalue weighted by molar-refractivity contribution is 5.76. The molecule has 3 N–H and O–H groups in total. The van der Waals surface area contributed by atoms with Crippen LogP contribution in [0.4, 0.5) is 0 Å². The molecule has 2 aliphatic rings. The van der Waals surface area contributed by atoms with Gasteiger partial charge in [-0.25, -0.2) is 0 Å². The van der Waals surface area contributed by atoms with Gasteiger partial charge in [0.2, 0.25) is 5.91 Å². The Morgan fingerprint density at radius 1 is 1.41 bits per heavy atom. The molecule has 3 nitrogen and oxygen atoms in total. The van der Waals surface area contributed by atoms with E-state index in [1.807, 2.05) is 0 Å². The fourth-order valence-electron chi connectivity index (χ4n) is 2.86. The molecule has 0 unspecified atom stereocenters. The van der Waals surface area contributed by atoms with Crippen molar-refractivity contribution in [2.75, 3.05) is 13.1 Å². The average Bonchev–Trinajstić information content (AvgIpc) is 2.76. The Labute approximate surface area is 104 Å². The van der Waals surface area contributed by atoms with E-state index in [4.69, 9.17) is 5.73 Å². The Hall–Kier alpha value is -0.830. The number of nitrogens with two attached hydrogens (primary N) is 1. The second-order valence-corrected chi connectivity index (χ2v) is 5.59. The summed E-state index contributed by atoms with van der Waals surface area (Å²) >= 11 is 0. The van der Waals surface area contributed by atoms with Crippen LogP contribution in [0.25, 0.3) is 0 Å². The van der Waals surface area contributed by atoms with Gasteiger partial charge in [0.25, 0.3) is 0 Å². The normalized spacial score (nSPS) is 21.8. The highest BCUT2D eigenvalue weighted by Crippen LogP contribution is 2.42. The first-order valence-corrected chi connectivity index (χ1v) is 6.89. The van der Waals surface area contributed by atoms with Crippen LogP contribution in [0.3, 0.4) is 0 Å². The van der Waals surface area contributed by atoms with Crippen LogP contribution in [0, 0.1) is 5.41 Å². The van der Waals surface area contributed by atoms with E-state index in [-0.39, 0.29) is 11.3 Å². The summed E-state index contributed by atoms with van der Waals surface area (Å²) < 4.78 is 0. The third-order valence-electron chi connectivity index (χ3n) is 4.29. The maximum atomic E-state index is 11.8. The zero-order valence-corrected chi connectivity index (χ0v) is 10.6. The largest absolute Gasteiger partial charge is 0.356 e. The topological polar surface area (TPSA) is 55.1 Å². The highest BCUT2D eigenvalue weighted by atomic mass is 16.1. The lowest BCUT2D eigenvalue weighted by atomic mass is 9.66. The van der Waals surface area contributed by atoms with Gasteiger partial charge in [-0.3, -0.25) is 4.79 Å². The van der Waals surface area contributed by atoms with Gasteiger partial charge in [0.1, 0.15) is 0 Å². The fourth-order valence-corrected chi connectivity index (χ4v) is 2.86. The molecule has 1 amide bonds. The summed E-state index contributed by atoms with van der Waals surface area (Å²) in [5.74, 6) is 0.189. The van der Waals surface area contributed by atoms with Crippen molar-refractivity contribution >= 4 is 5.91 Å². The molecule has 0 bridgehead atoms. The maximum Gasteiger partial charge on any atom is 0.220 e. The molecule has 0 spiro atoms. The first-order chi connectivity index (χ1) is 8.24. The number of nitrogens with one attached hydrogen (secondary N) is 1. The number of rotatable bonds is 6. The number of amides is 1. The van der Waals surface area contributed by atoms with Gasteiger partial charge < -0.3 is 11.1 Å². The minimum atomic E-state index is 0.136. The van der Waals surface area contributed by atoms with Gasteiger partial charge >= 0.3 is 0 Å². The summed E-state index contributed by atoms with van der Waals surface area (Å²) in [5, 5.41) is 3.03. The summed E-state index contributed by atoms with van der Waals surface area (Å²) in [6.07, 6.45) is 11.2. The van der Waals surface area contributed by atoms with Crippen LogP contribution in [0.2, 0.25) is 0 Å². The minimum Gasteiger partial charge on any atom is -0.356 e. The molecular weight excluding hydrogens is 212 g/mol. The first kappa shape index (κ1) is 12.6. The van der Waals surface area contributed by atoms with Gasteiger partial charge in [0.05, 0.1) is 0 Å². The maximum absolute atomic E-state index is 11.8. The van der Waals surface area contributed by atoms with Crippen molar-refractivity contribution in [3.8, 4) is 0 Å². The van der Waals surface area contributed by atoms with Gasteiger partial charge in [0, 0.05) is 13.0 Å². The number of carbonyl (C=O) groups excluding carboxylic acids is 1. The molecule has 0 aromatic carbocycles. The molecule has 0 aromatic rings. The first-order valence-electron chi connectivity index (χ1n) is 6.89. The molecule has 0 atom stereocenters. The Morgan fingerprint density at radius 3 is 2.76 bits per heavy atom. The van der Waals surface area contributed by atoms with Gasteiger partial charge in [-0.2, -0.15) is 0 Å². The van der Waals surface area contributed by atoms with E-state index in [0.29, 0.717) is 13.0 Å². The van der Waals surface area contributed by atoms with E-state index < -0.39 is 0 Å². The zero-order chi connectivity index (χ0) is 12.1. The van der Waals surface area contributed by atoms with Gasteiger partial charge in [-0.15, -0.1) is 0 Å². The van der Waals surface area contributed by atoms with E-state index in [1.165, 1.54) is 31.3 Å². The zero-order valence-electron chi connectivity index (χ0n) is 10.6. The monoisotopic (exact) mass is 236 g/mol. The predicted octanol–water partition coefficient (Wildman–Crippen LogP) is 2.12. The molecular formula is C14H24N2O. The van der Waals surface area contributed by atoms with Crippen LogP contribution in [0.1, 0.15) is 51.4 Å². The Balaban J connectivity index is 1.63. The van der Waals surface area contributed by atoms with Gasteiger partial charge in [-0.1, -0.05) is 18.1 Å². The molecule has 1 fully saturated rings. The molecule has 0 saturated heterocycles. The summed E-state index contributed by atoms with van der Waals surface area (Å²) in [6.45, 7) is 1.46. The lowest BCUT2D eigenvalue weighted by molar-refractivity contribution is -0.124. The Kier molecular flexibility index (Phi) is 4.21. The summed E-state index contributed by atoms with van der Waals surface area (Å²) in [5.41, 5.74) is 7.41. The van der Waals surface area contributed by atoms with Crippen LogP contribution in [0.15, 0.2) is 11.6 Å². The highest BCUT2D eigenvalue weighted by Gasteiger charge is 2.37. The summed E-state index contributed by atoms with van der Waals surface area (Å²) in [4.78, 5) is 11.8. The molecule has 1 saturated carbocycles. The number of allylic oxidation sites excluding steroid dienone is 1. The van der Waals surface area contributed by atoms with E-state index in [1.54, 1.807) is 0 Å². The van der Waals surface area contributed by atoms with Crippen LogP contribution >= 0.6 is 0 Å². The number of hydrogen-bond acceptors (Lipinski definition) is 2. The summed E-state index contributed by atoms with van der Waals surface area (Å²) in [6, 6.07) is 0. The van der Waals surface area contributed by atoms with Crippen LogP contribution < -0.4 is 11.1 Å². The SMILES string of the molecule is NCC1(CC(=O)NCCC2=CCCC2)CCC1. The van der Waals surface area contributed by atoms with Crippen LogP contribution in [-0.4, -0.2) is 19.0 Å². The average molecular weight is 236 g/mol. The second-order valence-electron chi connectivity index (χ2n) is 5.59. The van der Waals surface area contributed by atoms with Crippen molar-refractivity contribution < 1.29 is 4.79 Å². The molecule has 0 aromatic heterocycles. The van der Waals surface area contributed by atoms with Crippen molar-refractivity contribution in [1.29, 1.82) is 0 Å². The number of carbonyl (C=O) groups is 1. The lowest BCUT2D eigenvalue weighted by Crippen LogP contribution is -2.42. The van der Waals surface area contributed by atoms with Crippen molar-refractivity contribution in [3.63, 3.8) is 0 Å². The van der Waals surface area contributed by atoms with Crippen molar-refractivity contribution in [2.24, 2.45) is 11.1 Å². The van der Waals surface area contributed by atoms with E-state index in [2.05, 4.69) is 11.4 Å². The standard InChI is InChI=1S/C14H24N2O/c15-11-14(7-3-8-14)10-13(17)16-9-6-12-4-1-2-5-12/h4H,1-3,5-11,15H2,(H,16,17). The molecule has 3 heteroatoms. The molecule has 2 aliphatic carbocycles. The fraction of sp³-hybridized carbons (Fsp3) is 0.786. The van der Waals surface area contributed by atoms with Gasteiger partial charge in [-0.05, 0) is 50.5 Å². The van der Waals surface area contributed by atoms with Crippen molar-refractivity contribution in [2.45, 2.75) is 51.4 Å². The third-order valence-corrected chi connectivity index (χ3v) is 4.29. The molecule has 0 aliphatic heterocycles. The molecule has 0 radical (unpaired) electrons. The van der Waals surface area contributed by atoms with Crippen LogP contribution in [-0.2, 0) is 4.79 Å². The molecule has 17 heavy (non-hydrogen) atoms. The van der Waals surface area contributed by atoms with E-state index in [9.17, 15) is 4.79 Å². The number of hydrogen-bond donors (Lipinski definition) is 2. The third kappa shape index (κ3) is 3.32. The van der Waals surface area contributed by atoms with Gasteiger partial charge in [0.15, 0.2) is 0 Å². The minimum absolute atomic E-state index is 0.136. The molecule has 0 heterocycles. The lowest BCUT2D eigenvalue weighted by Gasteiger charge is -2.40. The Morgan fingerprint density at radius 2 is 2.24 bits per heavy atom. The smallest absolute Gasteiger partial charge is 0.220 e. The molecule has 96 valence electrons. The van der Waals surface area contributed by atoms with E-state index in [0.717, 1.165) is 25.8 Å². The van der Waals surface area contributed by atoms with Crippen molar-refractivity contribution in [1.82, 2.24) is 5.32 Å². The Bertz CT molecular complexity index is 300. The van der Waals surface area contributed by atoms with E-state index >= 15 is 0 Å². The quantitative estimate of drug-likeness (QED) is 0.694. The van der Waals surface area contributed by atoms with Crippen molar-refractivity contribution in [3.05, 3.63) is 11.6 Å². The second kappa shape index (κ2) is 5.67. The predicted molar refractivity (Wildman–Crippen MR) is 69.5 cm³/mol.